The number of carbonyl (C=O) groups excluding carboxylic acids is 1. The average molecular weight is 459 g/mol. The Labute approximate surface area is 175 Å². The molecule has 166 valence electrons. The summed E-state index contributed by atoms with van der Waals surface area (Å²) in [5, 5.41) is 5.97. The summed E-state index contributed by atoms with van der Waals surface area (Å²) in [6.07, 6.45) is -5.34. The summed E-state index contributed by atoms with van der Waals surface area (Å²) in [4.78, 5) is 16.0. The lowest BCUT2D eigenvalue weighted by Crippen LogP contribution is -2.38. The van der Waals surface area contributed by atoms with Crippen LogP contribution in [-0.4, -0.2) is 37.6 Å². The number of oxime groups is 1. The SMILES string of the molecule is O=C(Nc1cccc(F)c1)ON=C1CCN(S(=O)(=O)c2cccc(C(F)(F)F)c2)CC1. The van der Waals surface area contributed by atoms with Crippen LogP contribution < -0.4 is 5.32 Å². The zero-order valence-corrected chi connectivity index (χ0v) is 16.7. The Kier molecular flexibility index (Phi) is 6.60. The molecular formula is C19H17F4N3O4S. The van der Waals surface area contributed by atoms with Crippen LogP contribution in [0.15, 0.2) is 58.6 Å². The molecule has 2 aromatic rings. The van der Waals surface area contributed by atoms with E-state index < -0.39 is 38.6 Å². The first-order valence-corrected chi connectivity index (χ1v) is 10.5. The van der Waals surface area contributed by atoms with E-state index in [1.807, 2.05) is 0 Å². The van der Waals surface area contributed by atoms with Gasteiger partial charge in [0.15, 0.2) is 0 Å². The van der Waals surface area contributed by atoms with Gasteiger partial charge in [-0.25, -0.2) is 17.6 Å². The van der Waals surface area contributed by atoms with Crippen LogP contribution in [0, 0.1) is 5.82 Å². The molecule has 0 radical (unpaired) electrons. The number of rotatable bonds is 4. The summed E-state index contributed by atoms with van der Waals surface area (Å²) < 4.78 is 78.1. The summed E-state index contributed by atoms with van der Waals surface area (Å²) in [6.45, 7) is -0.0709. The van der Waals surface area contributed by atoms with Crippen molar-refractivity contribution in [1.29, 1.82) is 0 Å². The van der Waals surface area contributed by atoms with Crippen molar-refractivity contribution in [3.05, 3.63) is 59.9 Å². The van der Waals surface area contributed by atoms with Gasteiger partial charge in [-0.2, -0.15) is 17.5 Å². The number of sulfonamides is 1. The van der Waals surface area contributed by atoms with Crippen LogP contribution in [0.25, 0.3) is 0 Å². The molecule has 0 unspecified atom stereocenters. The summed E-state index contributed by atoms with van der Waals surface area (Å²) in [6, 6.07) is 8.69. The summed E-state index contributed by atoms with van der Waals surface area (Å²) >= 11 is 0. The summed E-state index contributed by atoms with van der Waals surface area (Å²) in [5.41, 5.74) is -0.470. The third-order valence-corrected chi connectivity index (χ3v) is 6.32. The van der Waals surface area contributed by atoms with Crippen LogP contribution in [0.2, 0.25) is 0 Å². The normalized spacial score (nSPS) is 15.4. The number of nitrogens with one attached hydrogen (secondary N) is 1. The Morgan fingerprint density at radius 3 is 2.39 bits per heavy atom. The third-order valence-electron chi connectivity index (χ3n) is 4.43. The van der Waals surface area contributed by atoms with E-state index in [0.717, 1.165) is 28.6 Å². The molecule has 0 aromatic heterocycles. The molecule has 1 heterocycles. The average Bonchev–Trinajstić information content (AvgIpc) is 2.72. The highest BCUT2D eigenvalue weighted by atomic mass is 32.2. The van der Waals surface area contributed by atoms with Crippen molar-refractivity contribution in [1.82, 2.24) is 4.31 Å². The van der Waals surface area contributed by atoms with Crippen molar-refractivity contribution >= 4 is 27.5 Å². The predicted molar refractivity (Wildman–Crippen MR) is 103 cm³/mol. The van der Waals surface area contributed by atoms with E-state index in [1.54, 1.807) is 0 Å². The van der Waals surface area contributed by atoms with Gasteiger partial charge in [0.2, 0.25) is 10.0 Å². The van der Waals surface area contributed by atoms with Gasteiger partial charge in [0.1, 0.15) is 5.82 Å². The second-order valence-electron chi connectivity index (χ2n) is 6.60. The Hall–Kier alpha value is -2.99. The van der Waals surface area contributed by atoms with Crippen LogP contribution in [0.1, 0.15) is 18.4 Å². The molecule has 7 nitrogen and oxygen atoms in total. The number of benzene rings is 2. The monoisotopic (exact) mass is 459 g/mol. The molecule has 1 amide bonds. The highest BCUT2D eigenvalue weighted by Crippen LogP contribution is 2.31. The van der Waals surface area contributed by atoms with Gasteiger partial charge >= 0.3 is 12.3 Å². The molecule has 31 heavy (non-hydrogen) atoms. The van der Waals surface area contributed by atoms with Gasteiger partial charge in [-0.15, -0.1) is 0 Å². The van der Waals surface area contributed by atoms with Gasteiger partial charge in [0.05, 0.1) is 16.2 Å². The summed E-state index contributed by atoms with van der Waals surface area (Å²) in [7, 11) is -4.12. The minimum Gasteiger partial charge on any atom is -0.298 e. The van der Waals surface area contributed by atoms with E-state index in [2.05, 4.69) is 10.5 Å². The van der Waals surface area contributed by atoms with Gasteiger partial charge in [-0.3, -0.25) is 10.2 Å². The third kappa shape index (κ3) is 5.79. The number of piperidine rings is 1. The number of hydrogen-bond acceptors (Lipinski definition) is 5. The molecule has 1 aliphatic rings. The van der Waals surface area contributed by atoms with Gasteiger partial charge in [0.25, 0.3) is 0 Å². The molecule has 12 heteroatoms. The van der Waals surface area contributed by atoms with Crippen molar-refractivity contribution in [2.24, 2.45) is 5.16 Å². The number of alkyl halides is 3. The highest BCUT2D eigenvalue weighted by Gasteiger charge is 2.33. The maximum Gasteiger partial charge on any atom is 0.437 e. The van der Waals surface area contributed by atoms with Crippen molar-refractivity contribution in [2.45, 2.75) is 23.9 Å². The van der Waals surface area contributed by atoms with Gasteiger partial charge in [0, 0.05) is 31.6 Å². The van der Waals surface area contributed by atoms with E-state index in [-0.39, 0.29) is 31.6 Å². The fourth-order valence-corrected chi connectivity index (χ4v) is 4.36. The lowest BCUT2D eigenvalue weighted by Gasteiger charge is -2.26. The molecule has 0 aliphatic carbocycles. The Morgan fingerprint density at radius 1 is 1.06 bits per heavy atom. The minimum atomic E-state index is -4.66. The number of carbonyl (C=O) groups is 1. The first kappa shape index (κ1) is 22.7. The minimum absolute atomic E-state index is 0.0354. The Bertz CT molecular complexity index is 1090. The van der Waals surface area contributed by atoms with Crippen LogP contribution >= 0.6 is 0 Å². The highest BCUT2D eigenvalue weighted by molar-refractivity contribution is 7.89. The number of anilines is 1. The van der Waals surface area contributed by atoms with Crippen molar-refractivity contribution in [3.63, 3.8) is 0 Å². The molecule has 0 bridgehead atoms. The number of hydrogen-bond donors (Lipinski definition) is 1. The largest absolute Gasteiger partial charge is 0.437 e. The molecule has 1 fully saturated rings. The zero-order chi connectivity index (χ0) is 22.6. The topological polar surface area (TPSA) is 88.1 Å². The van der Waals surface area contributed by atoms with Gasteiger partial charge < -0.3 is 0 Å². The molecule has 2 aromatic carbocycles. The maximum atomic E-state index is 13.1. The molecule has 1 N–H and O–H groups in total. The lowest BCUT2D eigenvalue weighted by atomic mass is 10.1. The first-order chi connectivity index (χ1) is 14.6. The maximum absolute atomic E-state index is 13.1. The van der Waals surface area contributed by atoms with Gasteiger partial charge in [-0.05, 0) is 36.4 Å². The fraction of sp³-hybridized carbons (Fsp3) is 0.263. The number of halogens is 4. The second kappa shape index (κ2) is 9.02. The second-order valence-corrected chi connectivity index (χ2v) is 8.54. The van der Waals surface area contributed by atoms with E-state index in [0.29, 0.717) is 11.8 Å². The van der Waals surface area contributed by atoms with Crippen molar-refractivity contribution < 1.29 is 35.6 Å². The molecule has 3 rings (SSSR count). The van der Waals surface area contributed by atoms with E-state index >= 15 is 0 Å². The van der Waals surface area contributed by atoms with Crippen LogP contribution in [-0.2, 0) is 21.0 Å². The van der Waals surface area contributed by atoms with Crippen LogP contribution in [0.3, 0.4) is 0 Å². The lowest BCUT2D eigenvalue weighted by molar-refractivity contribution is -0.137. The van der Waals surface area contributed by atoms with E-state index in [4.69, 9.17) is 4.84 Å². The quantitative estimate of drug-likeness (QED) is 0.421. The smallest absolute Gasteiger partial charge is 0.298 e. The molecular weight excluding hydrogens is 442 g/mol. The van der Waals surface area contributed by atoms with Crippen LogP contribution in [0.4, 0.5) is 28.0 Å². The molecule has 0 saturated carbocycles. The van der Waals surface area contributed by atoms with Gasteiger partial charge in [-0.1, -0.05) is 17.3 Å². The van der Waals surface area contributed by atoms with Crippen LogP contribution in [0.5, 0.6) is 0 Å². The number of nitrogens with zero attached hydrogens (tertiary/aromatic N) is 2. The number of amides is 1. The Morgan fingerprint density at radius 2 is 1.74 bits per heavy atom. The molecule has 0 atom stereocenters. The molecule has 1 saturated heterocycles. The standard InChI is InChI=1S/C19H17F4N3O4S/c20-14-4-2-5-16(12-14)24-18(27)30-25-15-7-9-26(10-8-15)31(28,29)17-6-1-3-13(11-17)19(21,22)23/h1-6,11-12H,7-10H2,(H,24,27). The van der Waals surface area contributed by atoms with E-state index in [9.17, 15) is 30.8 Å². The summed E-state index contributed by atoms with van der Waals surface area (Å²) in [5.74, 6) is -0.543. The first-order valence-electron chi connectivity index (χ1n) is 9.02. The predicted octanol–water partition coefficient (Wildman–Crippen LogP) is 4.23. The molecule has 0 spiro atoms. The molecule has 1 aliphatic heterocycles. The fourth-order valence-electron chi connectivity index (χ4n) is 2.87. The zero-order valence-electron chi connectivity index (χ0n) is 15.9. The van der Waals surface area contributed by atoms with Crippen molar-refractivity contribution in [2.75, 3.05) is 18.4 Å². The Balaban J connectivity index is 1.59. The van der Waals surface area contributed by atoms with E-state index in [1.165, 1.54) is 18.2 Å². The van der Waals surface area contributed by atoms with Crippen molar-refractivity contribution in [3.8, 4) is 0 Å².